The fourth-order valence-electron chi connectivity index (χ4n) is 5.41. The molecule has 3 aromatic rings. The highest BCUT2D eigenvalue weighted by Crippen LogP contribution is 2.56. The summed E-state index contributed by atoms with van der Waals surface area (Å²) in [5.41, 5.74) is 0.239. The monoisotopic (exact) mass is 457 g/mol. The van der Waals surface area contributed by atoms with Crippen molar-refractivity contribution in [3.63, 3.8) is 0 Å². The van der Waals surface area contributed by atoms with Crippen molar-refractivity contribution in [3.05, 3.63) is 51.6 Å². The zero-order valence-corrected chi connectivity index (χ0v) is 19.2. The van der Waals surface area contributed by atoms with Gasteiger partial charge < -0.3 is 14.0 Å². The first-order valence-electron chi connectivity index (χ1n) is 11.4. The highest BCUT2D eigenvalue weighted by atomic mass is 19.1. The van der Waals surface area contributed by atoms with E-state index in [4.69, 9.17) is 14.0 Å². The summed E-state index contributed by atoms with van der Waals surface area (Å²) in [5.74, 6) is -1.24. The SMILES string of the molecule is CCOC(=O)c1cc2cc(C3CCOC(C)(C)C3)cc(F)c2n1[C@@]1(c2noc(=O)[nH]2)C[C@@H]1C. The molecule has 0 spiro atoms. The molecular formula is C24H28FN3O5. The van der Waals surface area contributed by atoms with E-state index in [9.17, 15) is 9.59 Å². The molecule has 3 atom stereocenters. The Hall–Kier alpha value is -2.94. The van der Waals surface area contributed by atoms with Gasteiger partial charge in [-0.15, -0.1) is 0 Å². The van der Waals surface area contributed by atoms with E-state index in [1.54, 1.807) is 23.6 Å². The second kappa shape index (κ2) is 7.55. The van der Waals surface area contributed by atoms with E-state index in [0.717, 1.165) is 18.4 Å². The molecule has 1 aliphatic carbocycles. The van der Waals surface area contributed by atoms with Crippen molar-refractivity contribution in [3.8, 4) is 0 Å². The van der Waals surface area contributed by atoms with E-state index in [2.05, 4.69) is 10.1 Å². The van der Waals surface area contributed by atoms with Crippen LogP contribution in [0.25, 0.3) is 10.9 Å². The lowest BCUT2D eigenvalue weighted by Crippen LogP contribution is -2.33. The summed E-state index contributed by atoms with van der Waals surface area (Å²) < 4.78 is 33.3. The molecule has 1 saturated carbocycles. The molecule has 3 heterocycles. The first-order valence-corrected chi connectivity index (χ1v) is 11.4. The second-order valence-corrected chi connectivity index (χ2v) is 9.80. The van der Waals surface area contributed by atoms with Gasteiger partial charge in [0.25, 0.3) is 0 Å². The third kappa shape index (κ3) is 3.49. The van der Waals surface area contributed by atoms with E-state index in [-0.39, 0.29) is 35.6 Å². The Labute approximate surface area is 190 Å². The van der Waals surface area contributed by atoms with E-state index in [1.165, 1.54) is 0 Å². The Kier molecular flexibility index (Phi) is 5.00. The van der Waals surface area contributed by atoms with Crippen LogP contribution in [0.5, 0.6) is 0 Å². The van der Waals surface area contributed by atoms with Crippen molar-refractivity contribution in [1.29, 1.82) is 0 Å². The van der Waals surface area contributed by atoms with Crippen molar-refractivity contribution >= 4 is 16.9 Å². The van der Waals surface area contributed by atoms with E-state index in [1.807, 2.05) is 26.8 Å². The number of hydrogen-bond donors (Lipinski definition) is 1. The second-order valence-electron chi connectivity index (χ2n) is 9.80. The van der Waals surface area contributed by atoms with Gasteiger partial charge >= 0.3 is 11.7 Å². The summed E-state index contributed by atoms with van der Waals surface area (Å²) in [7, 11) is 0. The summed E-state index contributed by atoms with van der Waals surface area (Å²) in [6.07, 6.45) is 2.16. The summed E-state index contributed by atoms with van der Waals surface area (Å²) in [4.78, 5) is 27.2. The van der Waals surface area contributed by atoms with Crippen molar-refractivity contribution < 1.29 is 23.2 Å². The van der Waals surface area contributed by atoms with Crippen LogP contribution in [-0.4, -0.2) is 39.5 Å². The number of benzene rings is 1. The molecule has 33 heavy (non-hydrogen) atoms. The molecule has 8 nitrogen and oxygen atoms in total. The van der Waals surface area contributed by atoms with Crippen molar-refractivity contribution in [2.45, 2.75) is 64.0 Å². The molecule has 2 fully saturated rings. The summed E-state index contributed by atoms with van der Waals surface area (Å²) in [6, 6.07) is 5.19. The minimum absolute atomic E-state index is 0.00241. The fraction of sp³-hybridized carbons (Fsp3) is 0.542. The summed E-state index contributed by atoms with van der Waals surface area (Å²) in [5, 5.41) is 4.51. The van der Waals surface area contributed by atoms with E-state index < -0.39 is 23.1 Å². The van der Waals surface area contributed by atoms with Gasteiger partial charge in [0.1, 0.15) is 17.1 Å². The lowest BCUT2D eigenvalue weighted by Gasteiger charge is -2.35. The van der Waals surface area contributed by atoms with Gasteiger partial charge in [0.2, 0.25) is 0 Å². The predicted octanol–water partition coefficient (Wildman–Crippen LogP) is 4.09. The average molecular weight is 458 g/mol. The van der Waals surface area contributed by atoms with Crippen LogP contribution in [0.15, 0.2) is 27.5 Å². The normalized spacial score (nSPS) is 26.5. The fourth-order valence-corrected chi connectivity index (χ4v) is 5.41. The van der Waals surface area contributed by atoms with Gasteiger partial charge in [-0.05, 0) is 75.6 Å². The maximum absolute atomic E-state index is 15.8. The van der Waals surface area contributed by atoms with Crippen LogP contribution in [0.2, 0.25) is 0 Å². The number of esters is 1. The van der Waals surface area contributed by atoms with E-state index in [0.29, 0.717) is 23.9 Å². The van der Waals surface area contributed by atoms with Gasteiger partial charge in [-0.3, -0.25) is 9.51 Å². The molecule has 5 rings (SSSR count). The number of ether oxygens (including phenoxy) is 2. The predicted molar refractivity (Wildman–Crippen MR) is 118 cm³/mol. The molecule has 0 bridgehead atoms. The Morgan fingerprint density at radius 2 is 2.09 bits per heavy atom. The number of hydrogen-bond acceptors (Lipinski definition) is 6. The molecular weight excluding hydrogens is 429 g/mol. The first-order chi connectivity index (χ1) is 15.7. The third-order valence-electron chi connectivity index (χ3n) is 7.05. The minimum atomic E-state index is -0.890. The van der Waals surface area contributed by atoms with Crippen LogP contribution in [0.4, 0.5) is 4.39 Å². The topological polar surface area (TPSA) is 99.3 Å². The number of nitrogens with zero attached hydrogens (tertiary/aromatic N) is 2. The zero-order chi connectivity index (χ0) is 23.5. The number of rotatable bonds is 5. The molecule has 1 aliphatic heterocycles. The maximum atomic E-state index is 15.8. The molecule has 1 unspecified atom stereocenters. The lowest BCUT2D eigenvalue weighted by atomic mass is 9.83. The third-order valence-corrected chi connectivity index (χ3v) is 7.05. The molecule has 9 heteroatoms. The highest BCUT2D eigenvalue weighted by molar-refractivity contribution is 5.96. The largest absolute Gasteiger partial charge is 0.461 e. The number of halogens is 1. The van der Waals surface area contributed by atoms with Crippen molar-refractivity contribution in [2.75, 3.05) is 13.2 Å². The Bertz CT molecular complexity index is 1290. The molecule has 176 valence electrons. The number of aromatic amines is 1. The smallest absolute Gasteiger partial charge is 0.438 e. The maximum Gasteiger partial charge on any atom is 0.438 e. The molecule has 0 radical (unpaired) electrons. The lowest BCUT2D eigenvalue weighted by molar-refractivity contribution is -0.0593. The Morgan fingerprint density at radius 1 is 1.33 bits per heavy atom. The van der Waals surface area contributed by atoms with Gasteiger partial charge in [-0.2, -0.15) is 0 Å². The van der Waals surface area contributed by atoms with Crippen molar-refractivity contribution in [2.24, 2.45) is 5.92 Å². The molecule has 0 amide bonds. The van der Waals surface area contributed by atoms with Gasteiger partial charge in [0, 0.05) is 12.0 Å². The summed E-state index contributed by atoms with van der Waals surface area (Å²) >= 11 is 0. The number of H-pyrrole nitrogens is 1. The molecule has 1 N–H and O–H groups in total. The van der Waals surface area contributed by atoms with Gasteiger partial charge in [0.15, 0.2) is 5.82 Å². The number of fused-ring (bicyclic) bond motifs is 1. The summed E-state index contributed by atoms with van der Waals surface area (Å²) in [6.45, 7) is 8.58. The molecule has 1 aromatic carbocycles. The van der Waals surface area contributed by atoms with Crippen LogP contribution in [0, 0.1) is 11.7 Å². The quantitative estimate of drug-likeness (QED) is 0.580. The van der Waals surface area contributed by atoms with Crippen LogP contribution in [-0.2, 0) is 15.0 Å². The van der Waals surface area contributed by atoms with Crippen LogP contribution in [0.1, 0.15) is 74.8 Å². The zero-order valence-electron chi connectivity index (χ0n) is 19.2. The van der Waals surface area contributed by atoms with Crippen LogP contribution < -0.4 is 5.76 Å². The minimum Gasteiger partial charge on any atom is -0.461 e. The molecule has 1 saturated heterocycles. The van der Waals surface area contributed by atoms with Gasteiger partial charge in [-0.1, -0.05) is 12.1 Å². The highest BCUT2D eigenvalue weighted by Gasteiger charge is 2.59. The van der Waals surface area contributed by atoms with Crippen LogP contribution >= 0.6 is 0 Å². The Morgan fingerprint density at radius 3 is 2.70 bits per heavy atom. The Balaban J connectivity index is 1.70. The molecule has 2 aliphatic rings. The standard InChI is InChI=1S/C24H28FN3O5/c1-5-31-20(29)18-10-16-8-15(14-6-7-32-23(3,4)12-14)9-17(25)19(16)28(18)24(11-13(24)2)21-26-22(30)33-27-21/h8-10,13-14H,5-7,11-12H2,1-4H3,(H,26,27,30)/t13-,14?,24-/m0/s1. The number of nitrogens with one attached hydrogen (secondary N) is 1. The van der Waals surface area contributed by atoms with Gasteiger partial charge in [-0.25, -0.2) is 14.0 Å². The average Bonchev–Trinajstić information content (AvgIpc) is 3.08. The number of aromatic nitrogens is 3. The van der Waals surface area contributed by atoms with Gasteiger partial charge in [0.05, 0.1) is 17.7 Å². The first kappa shape index (κ1) is 21.9. The van der Waals surface area contributed by atoms with E-state index >= 15 is 4.39 Å². The van der Waals surface area contributed by atoms with Crippen molar-refractivity contribution in [1.82, 2.24) is 14.7 Å². The number of carbonyl (C=O) groups excluding carboxylic acids is 1. The number of carbonyl (C=O) groups is 1. The van der Waals surface area contributed by atoms with Crippen LogP contribution in [0.3, 0.4) is 0 Å². The molecule has 2 aromatic heterocycles.